The van der Waals surface area contributed by atoms with E-state index in [9.17, 15) is 9.59 Å². The van der Waals surface area contributed by atoms with E-state index in [0.717, 1.165) is 5.57 Å². The number of hydrogen-bond donors (Lipinski definition) is 1. The van der Waals surface area contributed by atoms with Gasteiger partial charge in [0.2, 0.25) is 0 Å². The summed E-state index contributed by atoms with van der Waals surface area (Å²) in [6, 6.07) is 1.53. The topological polar surface area (TPSA) is 87.2 Å². The van der Waals surface area contributed by atoms with Crippen LogP contribution >= 0.6 is 0 Å². The van der Waals surface area contributed by atoms with Gasteiger partial charge < -0.3 is 10.5 Å². The molecule has 0 spiro atoms. The zero-order valence-electron chi connectivity index (χ0n) is 9.42. The third kappa shape index (κ3) is 2.52. The molecule has 1 unspecified atom stereocenters. The maximum Gasteiger partial charge on any atom is 0.353 e. The van der Waals surface area contributed by atoms with Crippen molar-refractivity contribution in [2.75, 3.05) is 12.3 Å². The molecule has 1 atom stereocenters. The smallest absolute Gasteiger partial charge is 0.353 e. The molecule has 1 aliphatic rings. The largest absolute Gasteiger partial charge is 0.466 e. The second kappa shape index (κ2) is 4.40. The summed E-state index contributed by atoms with van der Waals surface area (Å²) in [6.45, 7) is 2.13. The van der Waals surface area contributed by atoms with E-state index in [1.807, 2.05) is 0 Å². The van der Waals surface area contributed by atoms with Gasteiger partial charge in [-0.05, 0) is 25.0 Å². The van der Waals surface area contributed by atoms with Gasteiger partial charge in [0.25, 0.3) is 0 Å². The van der Waals surface area contributed by atoms with Crippen LogP contribution in [0.25, 0.3) is 6.20 Å². The molecule has 0 saturated heterocycles. The van der Waals surface area contributed by atoms with Gasteiger partial charge in [0.05, 0.1) is 12.5 Å². The number of nitrogens with zero attached hydrogens (tertiary/aromatic N) is 2. The lowest BCUT2D eigenvalue weighted by Crippen LogP contribution is -2.19. The van der Waals surface area contributed by atoms with E-state index < -0.39 is 5.69 Å². The Kier molecular flexibility index (Phi) is 2.95. The Hall–Kier alpha value is -2.11. The lowest BCUT2D eigenvalue weighted by atomic mass is 10.4. The average Bonchev–Trinajstić information content (AvgIpc) is 3.02. The molecule has 1 aliphatic carbocycles. The van der Waals surface area contributed by atoms with E-state index in [2.05, 4.69) is 4.98 Å². The summed E-state index contributed by atoms with van der Waals surface area (Å²) in [5, 5.41) is 0. The van der Waals surface area contributed by atoms with Crippen LogP contribution in [0.3, 0.4) is 0 Å². The second-order valence-electron chi connectivity index (χ2n) is 3.76. The lowest BCUT2D eigenvalue weighted by Gasteiger charge is -1.98. The number of ether oxygens (including phenoxy) is 1. The minimum atomic E-state index is -0.452. The summed E-state index contributed by atoms with van der Waals surface area (Å²) >= 11 is 0. The lowest BCUT2D eigenvalue weighted by molar-refractivity contribution is -0.144. The van der Waals surface area contributed by atoms with Crippen molar-refractivity contribution in [1.82, 2.24) is 9.55 Å². The molecule has 0 radical (unpaired) electrons. The SMILES string of the molecule is CCOC(=O)C1C/C1=C/n1ccc(N)nc1=O. The van der Waals surface area contributed by atoms with E-state index in [-0.39, 0.29) is 17.7 Å². The van der Waals surface area contributed by atoms with Crippen molar-refractivity contribution < 1.29 is 9.53 Å². The predicted octanol–water partition coefficient (Wildman–Crippen LogP) is 0.249. The third-order valence-corrected chi connectivity index (χ3v) is 2.45. The number of carbonyl (C=O) groups is 1. The zero-order chi connectivity index (χ0) is 12.4. The van der Waals surface area contributed by atoms with Crippen molar-refractivity contribution >= 4 is 18.0 Å². The van der Waals surface area contributed by atoms with Crippen LogP contribution in [0.2, 0.25) is 0 Å². The number of nitrogens with two attached hydrogens (primary N) is 1. The van der Waals surface area contributed by atoms with E-state index in [0.29, 0.717) is 13.0 Å². The van der Waals surface area contributed by atoms with Gasteiger partial charge in [-0.15, -0.1) is 0 Å². The van der Waals surface area contributed by atoms with Crippen molar-refractivity contribution in [3.63, 3.8) is 0 Å². The standard InChI is InChI=1S/C11H13N3O3/c1-2-17-10(15)8-5-7(8)6-14-4-3-9(12)13-11(14)16/h3-4,6,8H,2,5H2,1H3,(H2,12,13,16)/b7-6-. The monoisotopic (exact) mass is 235 g/mol. The fourth-order valence-corrected chi connectivity index (χ4v) is 1.50. The maximum absolute atomic E-state index is 11.4. The molecule has 0 amide bonds. The van der Waals surface area contributed by atoms with Gasteiger partial charge in [-0.1, -0.05) is 0 Å². The molecule has 0 aromatic carbocycles. The number of rotatable bonds is 3. The Morgan fingerprint density at radius 2 is 2.53 bits per heavy atom. The quantitative estimate of drug-likeness (QED) is 0.759. The van der Waals surface area contributed by atoms with Crippen LogP contribution in [0, 0.1) is 5.92 Å². The summed E-state index contributed by atoms with van der Waals surface area (Å²) in [4.78, 5) is 26.4. The molecule has 6 heteroatoms. The fraction of sp³-hybridized carbons (Fsp3) is 0.364. The number of aromatic nitrogens is 2. The molecule has 2 N–H and O–H groups in total. The fourth-order valence-electron chi connectivity index (χ4n) is 1.50. The normalized spacial score (nSPS) is 20.3. The molecule has 1 heterocycles. The Morgan fingerprint density at radius 1 is 1.76 bits per heavy atom. The first-order valence-corrected chi connectivity index (χ1v) is 5.33. The van der Waals surface area contributed by atoms with Crippen molar-refractivity contribution in [1.29, 1.82) is 0 Å². The van der Waals surface area contributed by atoms with Crippen molar-refractivity contribution in [3.05, 3.63) is 28.3 Å². The van der Waals surface area contributed by atoms with Crippen LogP contribution in [0.15, 0.2) is 22.6 Å². The van der Waals surface area contributed by atoms with E-state index in [4.69, 9.17) is 10.5 Å². The van der Waals surface area contributed by atoms with Crippen LogP contribution in [0.4, 0.5) is 5.82 Å². The van der Waals surface area contributed by atoms with Crippen molar-refractivity contribution in [2.24, 2.45) is 5.92 Å². The van der Waals surface area contributed by atoms with Crippen molar-refractivity contribution in [3.8, 4) is 0 Å². The third-order valence-electron chi connectivity index (χ3n) is 2.45. The predicted molar refractivity (Wildman–Crippen MR) is 61.9 cm³/mol. The molecule has 1 fully saturated rings. The number of hydrogen-bond acceptors (Lipinski definition) is 5. The average molecular weight is 235 g/mol. The Morgan fingerprint density at radius 3 is 3.18 bits per heavy atom. The highest BCUT2D eigenvalue weighted by Crippen LogP contribution is 2.38. The minimum Gasteiger partial charge on any atom is -0.466 e. The molecular weight excluding hydrogens is 222 g/mol. The molecule has 17 heavy (non-hydrogen) atoms. The molecule has 1 aromatic rings. The Bertz CT molecular complexity index is 533. The molecule has 0 aliphatic heterocycles. The number of esters is 1. The van der Waals surface area contributed by atoms with Gasteiger partial charge in [-0.2, -0.15) is 4.98 Å². The summed E-state index contributed by atoms with van der Waals surface area (Å²) in [6.07, 6.45) is 3.77. The Balaban J connectivity index is 2.12. The van der Waals surface area contributed by atoms with Crippen LogP contribution in [-0.4, -0.2) is 22.1 Å². The number of carbonyl (C=O) groups excluding carboxylic acids is 1. The summed E-state index contributed by atoms with van der Waals surface area (Å²) in [5.41, 5.74) is 5.79. The summed E-state index contributed by atoms with van der Waals surface area (Å²) in [5.74, 6) is -0.267. The van der Waals surface area contributed by atoms with E-state index in [1.165, 1.54) is 16.8 Å². The molecule has 1 saturated carbocycles. The van der Waals surface area contributed by atoms with Gasteiger partial charge in [0, 0.05) is 12.4 Å². The molecule has 6 nitrogen and oxygen atoms in total. The number of nitrogen functional groups attached to an aromatic ring is 1. The first-order chi connectivity index (χ1) is 8.11. The maximum atomic E-state index is 11.4. The van der Waals surface area contributed by atoms with E-state index in [1.54, 1.807) is 13.1 Å². The van der Waals surface area contributed by atoms with Gasteiger partial charge in [-0.3, -0.25) is 9.36 Å². The number of anilines is 1. The summed E-state index contributed by atoms with van der Waals surface area (Å²) < 4.78 is 6.19. The van der Waals surface area contributed by atoms with Crippen LogP contribution < -0.4 is 11.4 Å². The van der Waals surface area contributed by atoms with Gasteiger partial charge in [-0.25, -0.2) is 4.79 Å². The van der Waals surface area contributed by atoms with Gasteiger partial charge >= 0.3 is 11.7 Å². The molecule has 90 valence electrons. The highest BCUT2D eigenvalue weighted by atomic mass is 16.5. The summed E-state index contributed by atoms with van der Waals surface area (Å²) in [7, 11) is 0. The first kappa shape index (κ1) is 11.4. The molecule has 2 rings (SSSR count). The van der Waals surface area contributed by atoms with E-state index >= 15 is 0 Å². The van der Waals surface area contributed by atoms with Gasteiger partial charge in [0.15, 0.2) is 0 Å². The minimum absolute atomic E-state index is 0.183. The molecule has 0 bridgehead atoms. The zero-order valence-corrected chi connectivity index (χ0v) is 9.42. The second-order valence-corrected chi connectivity index (χ2v) is 3.76. The molecular formula is C11H13N3O3. The molecule has 1 aromatic heterocycles. The van der Waals surface area contributed by atoms with Crippen molar-refractivity contribution in [2.45, 2.75) is 13.3 Å². The van der Waals surface area contributed by atoms with Gasteiger partial charge in [0.1, 0.15) is 5.82 Å². The van der Waals surface area contributed by atoms with Crippen LogP contribution in [0.1, 0.15) is 13.3 Å². The van der Waals surface area contributed by atoms with Crippen LogP contribution in [0.5, 0.6) is 0 Å². The highest BCUT2D eigenvalue weighted by molar-refractivity contribution is 5.82. The Labute approximate surface area is 97.7 Å². The van der Waals surface area contributed by atoms with Crippen LogP contribution in [-0.2, 0) is 9.53 Å². The highest BCUT2D eigenvalue weighted by Gasteiger charge is 2.38. The first-order valence-electron chi connectivity index (χ1n) is 5.33.